The number of unbranched alkanes of at least 4 members (excludes halogenated alkanes) is 26. The Hall–Kier alpha value is -2.63. The maximum absolute atomic E-state index is 12.7. The molecular formula is C52H92O6. The number of hydrogen-bond donors (Lipinski definition) is 0. The lowest BCUT2D eigenvalue weighted by atomic mass is 10.1. The summed E-state index contributed by atoms with van der Waals surface area (Å²) in [5.74, 6) is -0.960. The molecule has 6 nitrogen and oxygen atoms in total. The molecule has 1 atom stereocenters. The van der Waals surface area contributed by atoms with E-state index in [1.165, 1.54) is 116 Å². The summed E-state index contributed by atoms with van der Waals surface area (Å²) in [6.07, 6.45) is 55.3. The van der Waals surface area contributed by atoms with Gasteiger partial charge in [0.2, 0.25) is 0 Å². The molecule has 0 heterocycles. The summed E-state index contributed by atoms with van der Waals surface area (Å²) in [4.78, 5) is 37.7. The van der Waals surface area contributed by atoms with E-state index in [0.717, 1.165) is 83.5 Å². The van der Waals surface area contributed by atoms with E-state index < -0.39 is 6.10 Å². The molecule has 0 amide bonds. The minimum absolute atomic E-state index is 0.0954. The van der Waals surface area contributed by atoms with Gasteiger partial charge < -0.3 is 14.2 Å². The fourth-order valence-electron chi connectivity index (χ4n) is 6.78. The molecule has 0 aromatic carbocycles. The van der Waals surface area contributed by atoms with Gasteiger partial charge in [-0.15, -0.1) is 0 Å². The van der Waals surface area contributed by atoms with Crippen molar-refractivity contribution in [2.75, 3.05) is 13.2 Å². The van der Waals surface area contributed by atoms with Crippen LogP contribution in [-0.4, -0.2) is 37.2 Å². The fraction of sp³-hybridized carbons (Fsp3) is 0.788. The van der Waals surface area contributed by atoms with Gasteiger partial charge in [-0.1, -0.05) is 185 Å². The van der Waals surface area contributed by atoms with Gasteiger partial charge in [0.05, 0.1) is 0 Å². The molecule has 0 N–H and O–H groups in total. The second-order valence-electron chi connectivity index (χ2n) is 16.4. The lowest BCUT2D eigenvalue weighted by Crippen LogP contribution is -2.30. The first-order valence-electron chi connectivity index (χ1n) is 24.7. The van der Waals surface area contributed by atoms with Crippen molar-refractivity contribution in [3.05, 3.63) is 48.6 Å². The Bertz CT molecular complexity index is 1030. The summed E-state index contributed by atoms with van der Waals surface area (Å²) >= 11 is 0. The van der Waals surface area contributed by atoms with Crippen LogP contribution in [0.1, 0.15) is 245 Å². The zero-order valence-electron chi connectivity index (χ0n) is 38.3. The van der Waals surface area contributed by atoms with Crippen LogP contribution < -0.4 is 0 Å². The molecule has 0 rings (SSSR count). The topological polar surface area (TPSA) is 78.9 Å². The maximum Gasteiger partial charge on any atom is 0.306 e. The van der Waals surface area contributed by atoms with E-state index in [-0.39, 0.29) is 31.1 Å². The highest BCUT2D eigenvalue weighted by Gasteiger charge is 2.19. The van der Waals surface area contributed by atoms with Crippen molar-refractivity contribution in [3.63, 3.8) is 0 Å². The van der Waals surface area contributed by atoms with Crippen molar-refractivity contribution in [2.45, 2.75) is 252 Å². The van der Waals surface area contributed by atoms with Gasteiger partial charge in [-0.2, -0.15) is 0 Å². The van der Waals surface area contributed by atoms with Crippen LogP contribution in [0.4, 0.5) is 0 Å². The molecule has 0 saturated carbocycles. The lowest BCUT2D eigenvalue weighted by molar-refractivity contribution is -0.167. The van der Waals surface area contributed by atoms with E-state index in [9.17, 15) is 14.4 Å². The molecule has 0 bridgehead atoms. The molecule has 1 unspecified atom stereocenters. The first kappa shape index (κ1) is 55.4. The number of ether oxygens (including phenoxy) is 3. The quantitative estimate of drug-likeness (QED) is 0.0200. The number of rotatable bonds is 44. The summed E-state index contributed by atoms with van der Waals surface area (Å²) in [5, 5.41) is 0. The average Bonchev–Trinajstić information content (AvgIpc) is 3.22. The van der Waals surface area contributed by atoms with Gasteiger partial charge in [0.25, 0.3) is 0 Å². The third kappa shape index (κ3) is 44.5. The average molecular weight is 813 g/mol. The zero-order valence-corrected chi connectivity index (χ0v) is 38.3. The van der Waals surface area contributed by atoms with Crippen molar-refractivity contribution < 1.29 is 28.6 Å². The molecular weight excluding hydrogens is 721 g/mol. The van der Waals surface area contributed by atoms with E-state index in [0.29, 0.717) is 25.7 Å². The fourth-order valence-corrected chi connectivity index (χ4v) is 6.78. The smallest absolute Gasteiger partial charge is 0.306 e. The minimum Gasteiger partial charge on any atom is -0.462 e. The van der Waals surface area contributed by atoms with E-state index >= 15 is 0 Å². The van der Waals surface area contributed by atoms with Crippen LogP contribution >= 0.6 is 0 Å². The van der Waals surface area contributed by atoms with Crippen LogP contribution in [0.25, 0.3) is 0 Å². The number of allylic oxidation sites excluding steroid dienone is 8. The minimum atomic E-state index is -0.795. The SMILES string of the molecule is CCCCCC/C=C\CCCC(=O)OCC(COC(=O)CCCCCCC/C=C\C=C/CCCCCCCCC)OC(=O)CCCCC/C=C\CCCCCCCC. The van der Waals surface area contributed by atoms with Crippen molar-refractivity contribution in [1.82, 2.24) is 0 Å². The molecule has 0 radical (unpaired) electrons. The van der Waals surface area contributed by atoms with Crippen molar-refractivity contribution in [3.8, 4) is 0 Å². The summed E-state index contributed by atoms with van der Waals surface area (Å²) in [6, 6.07) is 0. The summed E-state index contributed by atoms with van der Waals surface area (Å²) in [5.41, 5.74) is 0. The normalized spacial score (nSPS) is 12.4. The molecule has 0 aromatic rings. The number of esters is 3. The number of carbonyl (C=O) groups excluding carboxylic acids is 3. The van der Waals surface area contributed by atoms with Gasteiger partial charge in [-0.3, -0.25) is 14.4 Å². The van der Waals surface area contributed by atoms with Crippen LogP contribution in [0.3, 0.4) is 0 Å². The van der Waals surface area contributed by atoms with Gasteiger partial charge in [-0.25, -0.2) is 0 Å². The standard InChI is InChI=1S/C52H92O6/c1-4-7-10-13-16-19-21-23-24-25-26-27-29-30-33-36-39-42-45-51(54)57-48-49(47-56-50(53)44-41-38-35-32-18-15-12-9-6-3)58-52(55)46-43-40-37-34-31-28-22-20-17-14-11-8-5-2/h24-28,31-32,35,49H,4-23,29-30,33-34,36-48H2,1-3H3/b25-24-,27-26-,31-28-,35-32-. The third-order valence-electron chi connectivity index (χ3n) is 10.6. The molecule has 336 valence electrons. The molecule has 0 aliphatic heterocycles. The molecule has 0 aliphatic rings. The summed E-state index contributed by atoms with van der Waals surface area (Å²) < 4.78 is 16.7. The number of hydrogen-bond acceptors (Lipinski definition) is 6. The zero-order chi connectivity index (χ0) is 42.3. The second-order valence-corrected chi connectivity index (χ2v) is 16.4. The maximum atomic E-state index is 12.7. The molecule has 0 saturated heterocycles. The van der Waals surface area contributed by atoms with Crippen molar-refractivity contribution in [1.29, 1.82) is 0 Å². The summed E-state index contributed by atoms with van der Waals surface area (Å²) in [7, 11) is 0. The van der Waals surface area contributed by atoms with Crippen molar-refractivity contribution >= 4 is 17.9 Å². The highest BCUT2D eigenvalue weighted by Crippen LogP contribution is 2.13. The molecule has 0 spiro atoms. The predicted molar refractivity (Wildman–Crippen MR) is 247 cm³/mol. The summed E-state index contributed by atoms with van der Waals surface area (Å²) in [6.45, 7) is 6.54. The Kier molecular flexibility index (Phi) is 44.9. The van der Waals surface area contributed by atoms with Crippen LogP contribution in [0.15, 0.2) is 48.6 Å². The Balaban J connectivity index is 4.38. The van der Waals surface area contributed by atoms with Gasteiger partial charge in [-0.05, 0) is 89.9 Å². The molecule has 0 fully saturated rings. The molecule has 0 aliphatic carbocycles. The molecule has 6 heteroatoms. The lowest BCUT2D eigenvalue weighted by Gasteiger charge is -2.18. The largest absolute Gasteiger partial charge is 0.462 e. The highest BCUT2D eigenvalue weighted by molar-refractivity contribution is 5.71. The van der Waals surface area contributed by atoms with E-state index in [2.05, 4.69) is 69.4 Å². The third-order valence-corrected chi connectivity index (χ3v) is 10.6. The van der Waals surface area contributed by atoms with Gasteiger partial charge in [0.1, 0.15) is 13.2 Å². The Labute approximate surface area is 358 Å². The van der Waals surface area contributed by atoms with Crippen LogP contribution in [0.5, 0.6) is 0 Å². The number of carbonyl (C=O) groups is 3. The van der Waals surface area contributed by atoms with Crippen LogP contribution in [0.2, 0.25) is 0 Å². The van der Waals surface area contributed by atoms with Gasteiger partial charge in [0.15, 0.2) is 6.10 Å². The van der Waals surface area contributed by atoms with Crippen LogP contribution in [0, 0.1) is 0 Å². The van der Waals surface area contributed by atoms with Gasteiger partial charge >= 0.3 is 17.9 Å². The van der Waals surface area contributed by atoms with Crippen molar-refractivity contribution in [2.24, 2.45) is 0 Å². The monoisotopic (exact) mass is 813 g/mol. The Morgan fingerprint density at radius 1 is 0.345 bits per heavy atom. The first-order valence-corrected chi connectivity index (χ1v) is 24.7. The Morgan fingerprint density at radius 2 is 0.638 bits per heavy atom. The predicted octanol–water partition coefficient (Wildman–Crippen LogP) is 15.9. The molecule has 0 aromatic heterocycles. The van der Waals surface area contributed by atoms with E-state index in [1.807, 2.05) is 0 Å². The highest BCUT2D eigenvalue weighted by atomic mass is 16.6. The van der Waals surface area contributed by atoms with Gasteiger partial charge in [0, 0.05) is 19.3 Å². The van der Waals surface area contributed by atoms with Crippen LogP contribution in [-0.2, 0) is 28.6 Å². The van der Waals surface area contributed by atoms with E-state index in [1.54, 1.807) is 0 Å². The van der Waals surface area contributed by atoms with E-state index in [4.69, 9.17) is 14.2 Å². The first-order chi connectivity index (χ1) is 28.5. The second kappa shape index (κ2) is 47.1. The molecule has 58 heavy (non-hydrogen) atoms. The Morgan fingerprint density at radius 3 is 1.07 bits per heavy atom.